The van der Waals surface area contributed by atoms with E-state index < -0.39 is 5.41 Å². The van der Waals surface area contributed by atoms with Crippen molar-refractivity contribution >= 4 is 23.5 Å². The molecule has 192 valence electrons. The number of ether oxygens (including phenoxy) is 3. The van der Waals surface area contributed by atoms with Crippen LogP contribution in [-0.2, 0) is 11.8 Å². The molecule has 3 aromatic carbocycles. The minimum absolute atomic E-state index is 0.301. The number of fused-ring (bicyclic) bond motifs is 1. The number of carbonyl (C=O) groups excluding carboxylic acids is 1. The summed E-state index contributed by atoms with van der Waals surface area (Å²) in [5.74, 6) is 1.93. The fourth-order valence-electron chi connectivity index (χ4n) is 5.02. The maximum atomic E-state index is 13.0. The molecule has 0 saturated carbocycles. The number of nitrogens with one attached hydrogen (secondary N) is 1. The fraction of sp³-hybridized carbons (Fsp3) is 0.161. The molecule has 0 radical (unpaired) electrons. The topological polar surface area (TPSA) is 74.6 Å². The van der Waals surface area contributed by atoms with Gasteiger partial charge in [0.2, 0.25) is 5.75 Å². The molecule has 38 heavy (non-hydrogen) atoms. The van der Waals surface area contributed by atoms with Crippen molar-refractivity contribution in [2.75, 3.05) is 26.6 Å². The minimum Gasteiger partial charge on any atom is -0.493 e. The molecule has 0 aliphatic heterocycles. The zero-order valence-corrected chi connectivity index (χ0v) is 21.6. The number of anilines is 2. The van der Waals surface area contributed by atoms with Gasteiger partial charge in [-0.05, 0) is 41.5 Å². The molecule has 1 aliphatic carbocycles. The van der Waals surface area contributed by atoms with E-state index in [2.05, 4.69) is 35.2 Å². The molecule has 7 nitrogen and oxygen atoms in total. The summed E-state index contributed by atoms with van der Waals surface area (Å²) in [5.41, 5.74) is 3.83. The normalized spacial score (nSPS) is 15.9. The van der Waals surface area contributed by atoms with Crippen molar-refractivity contribution in [3.63, 3.8) is 0 Å². The molecule has 0 spiro atoms. The van der Waals surface area contributed by atoms with Gasteiger partial charge in [-0.1, -0.05) is 67.3 Å². The molecule has 1 aromatic heterocycles. The van der Waals surface area contributed by atoms with Gasteiger partial charge < -0.3 is 19.5 Å². The summed E-state index contributed by atoms with van der Waals surface area (Å²) in [5, 5.41) is 8.03. The second-order valence-electron chi connectivity index (χ2n) is 8.92. The number of hydrogen-bond donors (Lipinski definition) is 1. The summed E-state index contributed by atoms with van der Waals surface area (Å²) in [6.07, 6.45) is 5.93. The Morgan fingerprint density at radius 1 is 0.947 bits per heavy atom. The zero-order valence-electron chi connectivity index (χ0n) is 21.6. The lowest BCUT2D eigenvalue weighted by Crippen LogP contribution is -2.32. The predicted octanol–water partition coefficient (Wildman–Crippen LogP) is 6.03. The Morgan fingerprint density at radius 2 is 1.58 bits per heavy atom. The average molecular weight is 508 g/mol. The first-order valence-corrected chi connectivity index (χ1v) is 12.2. The average Bonchev–Trinajstić information content (AvgIpc) is 3.33. The van der Waals surface area contributed by atoms with Gasteiger partial charge in [0, 0.05) is 23.1 Å². The minimum atomic E-state index is -0.648. The third-order valence-corrected chi connectivity index (χ3v) is 6.89. The van der Waals surface area contributed by atoms with Crippen LogP contribution in [-0.4, -0.2) is 37.0 Å². The van der Waals surface area contributed by atoms with Crippen LogP contribution in [0.15, 0.2) is 91.5 Å². The van der Waals surface area contributed by atoms with Crippen LogP contribution in [0.2, 0.25) is 0 Å². The van der Waals surface area contributed by atoms with Crippen LogP contribution >= 0.6 is 0 Å². The highest BCUT2D eigenvalue weighted by atomic mass is 16.5. The van der Waals surface area contributed by atoms with Crippen LogP contribution in [0.5, 0.6) is 17.2 Å². The maximum Gasteiger partial charge on any atom is 0.270 e. The smallest absolute Gasteiger partial charge is 0.270 e. The van der Waals surface area contributed by atoms with Crippen molar-refractivity contribution in [1.29, 1.82) is 0 Å². The Bertz CT molecular complexity index is 1480. The lowest BCUT2D eigenvalue weighted by molar-refractivity contribution is 0.0950. The predicted molar refractivity (Wildman–Crippen MR) is 149 cm³/mol. The summed E-state index contributed by atoms with van der Waals surface area (Å²) in [6.45, 7) is 3.70. The third kappa shape index (κ3) is 4.22. The van der Waals surface area contributed by atoms with Crippen molar-refractivity contribution < 1.29 is 19.0 Å². The lowest BCUT2D eigenvalue weighted by Gasteiger charge is -2.35. The van der Waals surface area contributed by atoms with E-state index in [1.807, 2.05) is 66.7 Å². The van der Waals surface area contributed by atoms with E-state index in [1.54, 1.807) is 21.3 Å². The summed E-state index contributed by atoms with van der Waals surface area (Å²) in [4.78, 5) is 13.0. The maximum absolute atomic E-state index is 13.0. The molecule has 1 atom stereocenters. The number of aromatic nitrogens is 2. The van der Waals surface area contributed by atoms with Crippen molar-refractivity contribution in [2.24, 2.45) is 0 Å². The van der Waals surface area contributed by atoms with Crippen LogP contribution < -0.4 is 19.5 Å². The highest BCUT2D eigenvalue weighted by molar-refractivity contribution is 5.91. The molecule has 0 amide bonds. The highest BCUT2D eigenvalue weighted by Gasteiger charge is 2.39. The van der Waals surface area contributed by atoms with Crippen LogP contribution in [0.1, 0.15) is 27.2 Å². The van der Waals surface area contributed by atoms with E-state index in [0.29, 0.717) is 29.5 Å². The number of nitrogens with zero attached hydrogens (tertiary/aromatic N) is 2. The molecule has 1 aliphatic rings. The van der Waals surface area contributed by atoms with Crippen LogP contribution in [0, 0.1) is 0 Å². The second-order valence-corrected chi connectivity index (χ2v) is 8.92. The van der Waals surface area contributed by atoms with Gasteiger partial charge in [0.05, 0.1) is 27.0 Å². The summed E-state index contributed by atoms with van der Waals surface area (Å²) < 4.78 is 18.4. The number of rotatable bonds is 8. The first kappa shape index (κ1) is 24.9. The van der Waals surface area contributed by atoms with Crippen molar-refractivity contribution in [3.8, 4) is 17.2 Å². The van der Waals surface area contributed by atoms with E-state index >= 15 is 0 Å². The molecule has 1 N–H and O–H groups in total. The zero-order chi connectivity index (χ0) is 26.7. The Hall–Kier alpha value is -4.78. The van der Waals surface area contributed by atoms with Crippen LogP contribution in [0.4, 0.5) is 11.5 Å². The number of para-hydroxylation sites is 1. The second kappa shape index (κ2) is 10.3. The molecule has 0 bridgehead atoms. The van der Waals surface area contributed by atoms with E-state index in [1.165, 1.54) is 10.8 Å². The third-order valence-electron chi connectivity index (χ3n) is 6.89. The van der Waals surface area contributed by atoms with Crippen molar-refractivity contribution in [2.45, 2.75) is 11.8 Å². The van der Waals surface area contributed by atoms with Crippen molar-refractivity contribution in [1.82, 2.24) is 9.78 Å². The van der Waals surface area contributed by atoms with Gasteiger partial charge in [0.1, 0.15) is 0 Å². The fourth-order valence-corrected chi connectivity index (χ4v) is 5.02. The van der Waals surface area contributed by atoms with Gasteiger partial charge in [-0.2, -0.15) is 4.68 Å². The summed E-state index contributed by atoms with van der Waals surface area (Å²) >= 11 is 0. The molecular weight excluding hydrogens is 478 g/mol. The standard InChI is InChI=1S/C31H29N3O4/c1-5-28(35)34-25-20-31(21-12-8-6-9-13-21,22-18-26(36-2)29(38-4)27(19-22)37-3)17-16-24(25)30(33-34)32-23-14-10-7-11-15-23/h5-19H,1,20H2,2-4H3,(H,32,33). The number of carbonyl (C=O) groups is 1. The molecule has 5 rings (SSSR count). The Labute approximate surface area is 222 Å². The molecule has 0 fully saturated rings. The van der Waals surface area contributed by atoms with Gasteiger partial charge in [-0.15, -0.1) is 5.10 Å². The van der Waals surface area contributed by atoms with Gasteiger partial charge in [0.15, 0.2) is 17.3 Å². The molecular formula is C31H29N3O4. The van der Waals surface area contributed by atoms with Gasteiger partial charge in [-0.3, -0.25) is 4.79 Å². The van der Waals surface area contributed by atoms with E-state index in [4.69, 9.17) is 14.2 Å². The molecule has 4 aromatic rings. The number of allylic oxidation sites excluding steroid dienone is 2. The van der Waals surface area contributed by atoms with Gasteiger partial charge >= 0.3 is 0 Å². The van der Waals surface area contributed by atoms with Gasteiger partial charge in [-0.25, -0.2) is 0 Å². The molecule has 1 heterocycles. The summed E-state index contributed by atoms with van der Waals surface area (Å²) in [6, 6.07) is 23.8. The van der Waals surface area contributed by atoms with Crippen molar-refractivity contribution in [3.05, 3.63) is 114 Å². The molecule has 0 saturated heterocycles. The monoisotopic (exact) mass is 507 g/mol. The largest absolute Gasteiger partial charge is 0.493 e. The number of methoxy groups -OCH3 is 3. The Morgan fingerprint density at radius 3 is 2.16 bits per heavy atom. The molecule has 7 heteroatoms. The molecule has 1 unspecified atom stereocenters. The van der Waals surface area contributed by atoms with Crippen LogP contribution in [0.25, 0.3) is 6.08 Å². The first-order valence-electron chi connectivity index (χ1n) is 12.2. The number of hydrogen-bond acceptors (Lipinski definition) is 6. The lowest BCUT2D eigenvalue weighted by atomic mass is 9.68. The number of benzene rings is 3. The summed E-state index contributed by atoms with van der Waals surface area (Å²) in [7, 11) is 4.79. The van der Waals surface area contributed by atoms with E-state index in [-0.39, 0.29) is 5.91 Å². The first-order chi connectivity index (χ1) is 18.5. The van der Waals surface area contributed by atoms with Gasteiger partial charge in [0.25, 0.3) is 5.91 Å². The SMILES string of the molecule is C=CC(=O)n1nc(Nc2ccccc2)c2c1CC(c1ccccc1)(c1cc(OC)c(OC)c(OC)c1)C=C2. The Kier molecular flexibility index (Phi) is 6.75. The Balaban J connectivity index is 1.73. The van der Waals surface area contributed by atoms with E-state index in [9.17, 15) is 4.79 Å². The van der Waals surface area contributed by atoms with E-state index in [0.717, 1.165) is 28.1 Å². The van der Waals surface area contributed by atoms with Crippen LogP contribution in [0.3, 0.4) is 0 Å². The quantitative estimate of drug-likeness (QED) is 0.293. The highest BCUT2D eigenvalue weighted by Crippen LogP contribution is 2.48.